The minimum Gasteiger partial charge on any atom is -0.394 e. The number of hydrogen-bond acceptors (Lipinski definition) is 18. The van der Waals surface area contributed by atoms with Crippen LogP contribution in [0, 0.1) is 28.6 Å². The van der Waals surface area contributed by atoms with Gasteiger partial charge in [-0.2, -0.15) is 0 Å². The summed E-state index contributed by atoms with van der Waals surface area (Å²) in [6, 6.07) is -13.9. The number of benzene rings is 1. The summed E-state index contributed by atoms with van der Waals surface area (Å²) in [5.74, 6) is -16.4. The molecule has 32 nitrogen and oxygen atoms in total. The molecule has 23 N–H and O–H groups in total. The van der Waals surface area contributed by atoms with Crippen LogP contribution in [0.5, 0.6) is 0 Å². The standard InChI is InChI=1S/C61H104N16O16/c1-15-30(6)39-54(89)73-40(32(8)79)55(90)67-31(7)48(83)76-44(46(81)47(63)82)58(93)71-38(27-78)53(88)74-41(33-20-17-16-18-21-33)42(75-52(87)37(26-61(12,13)14)70-49(84)34(62)25-60(9,10)11)56(91)77-43(45(80)29(4)5)57(92)69-36(24-28(2)3)51(86)68-35(50(85)72-39)22-19-23-66-59(64)65/h16-18,20-21,28-32,34-46,78-81H,15,19,22-27,62H2,1-14H3,(H2,63,82)(H,67,90)(H,68,86)(H,69,92)(H,70,84)(H,71,93)(H,72,85)(H,73,89)(H,74,88)(H,75,87)(H,76,83)(H,77,91)(H4,64,65,66)/t30-,31+,32-,34+,35+,36-,37-,38-,39-,40-,41+,42-,43-,44-,45+,46-/m0/s1. The van der Waals surface area contributed by atoms with Gasteiger partial charge in [-0.1, -0.05) is 120 Å². The number of carbonyl (C=O) groups is 12. The number of aliphatic hydroxyl groups excluding tert-OH is 4. The second-order valence-electron chi connectivity index (χ2n) is 26.9. The van der Waals surface area contributed by atoms with E-state index in [1.54, 1.807) is 54.5 Å². The number of nitrogens with one attached hydrogen (secondary N) is 11. The molecule has 1 fully saturated rings. The van der Waals surface area contributed by atoms with Crippen LogP contribution in [0.4, 0.5) is 0 Å². The van der Waals surface area contributed by atoms with Crippen molar-refractivity contribution in [2.24, 2.45) is 56.5 Å². The molecule has 12 amide bonds. The van der Waals surface area contributed by atoms with Crippen molar-refractivity contribution in [2.75, 3.05) is 13.2 Å². The summed E-state index contributed by atoms with van der Waals surface area (Å²) < 4.78 is 0. The molecule has 524 valence electrons. The van der Waals surface area contributed by atoms with Crippen molar-refractivity contribution < 1.29 is 78.0 Å². The number of carbonyl (C=O) groups excluding carboxylic acids is 12. The van der Waals surface area contributed by atoms with E-state index in [0.29, 0.717) is 0 Å². The zero-order valence-corrected chi connectivity index (χ0v) is 55.9. The van der Waals surface area contributed by atoms with Crippen molar-refractivity contribution in [1.29, 1.82) is 0 Å². The first-order valence-corrected chi connectivity index (χ1v) is 31.2. The van der Waals surface area contributed by atoms with Gasteiger partial charge in [0, 0.05) is 6.54 Å². The largest absolute Gasteiger partial charge is 0.394 e. The zero-order valence-electron chi connectivity index (χ0n) is 55.9. The quantitative estimate of drug-likeness (QED) is 0.0312. The molecule has 1 aliphatic heterocycles. The van der Waals surface area contributed by atoms with Crippen LogP contribution >= 0.6 is 0 Å². The first-order chi connectivity index (χ1) is 43.0. The number of primary amides is 1. The average Bonchev–Trinajstić information content (AvgIpc) is 0.842. The number of rotatable bonds is 21. The van der Waals surface area contributed by atoms with Crippen molar-refractivity contribution in [2.45, 2.75) is 226 Å². The Morgan fingerprint density at radius 2 is 1.10 bits per heavy atom. The molecule has 0 bridgehead atoms. The molecule has 0 unspecified atom stereocenters. The predicted molar refractivity (Wildman–Crippen MR) is 342 cm³/mol. The van der Waals surface area contributed by atoms with Gasteiger partial charge in [-0.05, 0) is 80.1 Å². The van der Waals surface area contributed by atoms with Crippen molar-refractivity contribution in [3.05, 3.63) is 35.9 Å². The SMILES string of the molecule is CC[C@H](C)[C@@H]1NC(=O)[C@@H](CCCN=C(N)N)NC(=O)[C@H](CC(C)C)NC(=O)[C@H]([C@H](O)C(C)C)NC(=O)[C@@H](NC(=O)[C@H](CC(C)(C)C)NC(=O)[C@H](N)CC(C)(C)C)[C@@H](c2ccccc2)NC(=O)[C@H](CO)NC(=O)[C@H]([C@H](O)C(N)=O)NC(=O)[C@@H](C)NC(=O)[C@H]([C@H](C)O)NC1=O. The van der Waals surface area contributed by atoms with Crippen LogP contribution in [0.15, 0.2) is 35.3 Å². The maximum Gasteiger partial charge on any atom is 0.248 e. The number of nitrogens with two attached hydrogens (primary N) is 4. The fraction of sp³-hybridized carbons (Fsp3) is 0.689. The van der Waals surface area contributed by atoms with E-state index >= 15 is 9.59 Å². The lowest BCUT2D eigenvalue weighted by Gasteiger charge is -2.35. The molecule has 0 aliphatic carbocycles. The van der Waals surface area contributed by atoms with Crippen molar-refractivity contribution >= 4 is 76.8 Å². The average molecular weight is 1320 g/mol. The topological polar surface area (TPSA) is 535 Å². The Morgan fingerprint density at radius 1 is 0.602 bits per heavy atom. The third-order valence-corrected chi connectivity index (χ3v) is 15.1. The highest BCUT2D eigenvalue weighted by molar-refractivity contribution is 6.01. The van der Waals surface area contributed by atoms with Crippen LogP contribution in [0.1, 0.15) is 147 Å². The molecule has 0 saturated carbocycles. The first kappa shape index (κ1) is 81.0. The van der Waals surface area contributed by atoms with Crippen LogP contribution in [-0.4, -0.2) is 195 Å². The fourth-order valence-corrected chi connectivity index (χ4v) is 9.78. The Balaban J connectivity index is 3.19. The molecule has 16 atom stereocenters. The molecule has 0 radical (unpaired) electrons. The smallest absolute Gasteiger partial charge is 0.248 e. The highest BCUT2D eigenvalue weighted by Crippen LogP contribution is 2.25. The monoisotopic (exact) mass is 1320 g/mol. The van der Waals surface area contributed by atoms with Crippen LogP contribution < -0.4 is 81.4 Å². The molecule has 0 aromatic heterocycles. The van der Waals surface area contributed by atoms with Gasteiger partial charge in [0.05, 0.1) is 30.9 Å². The number of aliphatic imine (C=N–C) groups is 1. The summed E-state index contributed by atoms with van der Waals surface area (Å²) >= 11 is 0. The van der Waals surface area contributed by atoms with Crippen LogP contribution in [-0.2, 0) is 57.5 Å². The van der Waals surface area contributed by atoms with E-state index < -0.39 is 191 Å². The highest BCUT2D eigenvalue weighted by Gasteiger charge is 2.44. The van der Waals surface area contributed by atoms with Gasteiger partial charge in [-0.15, -0.1) is 0 Å². The Hall–Kier alpha value is -8.07. The summed E-state index contributed by atoms with van der Waals surface area (Å²) in [6.07, 6.45) is -6.04. The Morgan fingerprint density at radius 3 is 1.61 bits per heavy atom. The van der Waals surface area contributed by atoms with Gasteiger partial charge >= 0.3 is 0 Å². The predicted octanol–water partition coefficient (Wildman–Crippen LogP) is -4.69. The molecule has 2 rings (SSSR count). The minimum atomic E-state index is -2.57. The van der Waals surface area contributed by atoms with Gasteiger partial charge in [-0.25, -0.2) is 0 Å². The Labute approximate surface area is 543 Å². The maximum atomic E-state index is 15.5. The van der Waals surface area contributed by atoms with Gasteiger partial charge in [-0.3, -0.25) is 62.5 Å². The van der Waals surface area contributed by atoms with Crippen molar-refractivity contribution in [1.82, 2.24) is 58.5 Å². The van der Waals surface area contributed by atoms with Gasteiger partial charge in [0.25, 0.3) is 0 Å². The summed E-state index contributed by atoms with van der Waals surface area (Å²) in [7, 11) is 0. The normalized spacial score (nSPS) is 25.4. The van der Waals surface area contributed by atoms with Crippen molar-refractivity contribution in [3.63, 3.8) is 0 Å². The summed E-state index contributed by atoms with van der Waals surface area (Å²) in [5.41, 5.74) is 21.7. The molecular weight excluding hydrogens is 1210 g/mol. The molecular formula is C61H104N16O16. The van der Waals surface area contributed by atoms with Crippen molar-refractivity contribution in [3.8, 4) is 0 Å². The summed E-state index contributed by atoms with van der Waals surface area (Å²) in [6.45, 7) is 21.4. The van der Waals surface area contributed by atoms with E-state index in [1.165, 1.54) is 38.1 Å². The van der Waals surface area contributed by atoms with E-state index in [0.717, 1.165) is 13.8 Å². The number of aliphatic hydroxyl groups is 4. The van der Waals surface area contributed by atoms with Gasteiger partial charge in [0.1, 0.15) is 60.4 Å². The van der Waals surface area contributed by atoms with E-state index in [-0.39, 0.29) is 62.5 Å². The Bertz CT molecular complexity index is 2770. The van der Waals surface area contributed by atoms with E-state index in [1.807, 2.05) is 20.8 Å². The maximum absolute atomic E-state index is 15.5. The van der Waals surface area contributed by atoms with E-state index in [9.17, 15) is 68.4 Å². The highest BCUT2D eigenvalue weighted by atomic mass is 16.3. The molecule has 1 aliphatic rings. The van der Waals surface area contributed by atoms with Gasteiger partial charge < -0.3 is 102 Å². The fourth-order valence-electron chi connectivity index (χ4n) is 9.78. The van der Waals surface area contributed by atoms with Gasteiger partial charge in [0.2, 0.25) is 70.9 Å². The number of nitrogens with zero attached hydrogens (tertiary/aromatic N) is 1. The van der Waals surface area contributed by atoms with E-state index in [2.05, 4.69) is 63.5 Å². The van der Waals surface area contributed by atoms with Gasteiger partial charge in [0.15, 0.2) is 12.1 Å². The molecule has 1 aromatic rings. The lowest BCUT2D eigenvalue weighted by atomic mass is 9.86. The first-order valence-electron chi connectivity index (χ1n) is 31.2. The molecule has 1 heterocycles. The summed E-state index contributed by atoms with van der Waals surface area (Å²) in [4.78, 5) is 176. The second-order valence-corrected chi connectivity index (χ2v) is 26.9. The third kappa shape index (κ3) is 26.8. The minimum absolute atomic E-state index is 0.0340. The third-order valence-electron chi connectivity index (χ3n) is 15.1. The Kier molecular flexibility index (Phi) is 32.2. The number of guanidine groups is 1. The molecule has 32 heteroatoms. The molecule has 0 spiro atoms. The second kappa shape index (κ2) is 37.0. The van der Waals surface area contributed by atoms with Crippen LogP contribution in [0.25, 0.3) is 0 Å². The lowest BCUT2D eigenvalue weighted by Crippen LogP contribution is -2.65. The summed E-state index contributed by atoms with van der Waals surface area (Å²) in [5, 5.41) is 71.6. The zero-order chi connectivity index (χ0) is 71.2. The lowest BCUT2D eigenvalue weighted by molar-refractivity contribution is -0.141. The van der Waals surface area contributed by atoms with Crippen LogP contribution in [0.3, 0.4) is 0 Å². The number of hydrogen-bond donors (Lipinski definition) is 19. The van der Waals surface area contributed by atoms with E-state index in [4.69, 9.17) is 22.9 Å². The molecule has 1 aromatic carbocycles. The van der Waals surface area contributed by atoms with Crippen LogP contribution in [0.2, 0.25) is 0 Å². The number of amides is 12. The molecule has 93 heavy (non-hydrogen) atoms. The molecule has 1 saturated heterocycles.